The van der Waals surface area contributed by atoms with E-state index in [0.29, 0.717) is 13.1 Å². The molecule has 0 fully saturated rings. The third-order valence-electron chi connectivity index (χ3n) is 2.84. The van der Waals surface area contributed by atoms with Gasteiger partial charge < -0.3 is 19.8 Å². The van der Waals surface area contributed by atoms with Crippen molar-refractivity contribution in [1.82, 2.24) is 14.7 Å². The second-order valence-corrected chi connectivity index (χ2v) is 4.72. The Morgan fingerprint density at radius 2 is 1.60 bits per heavy atom. The van der Waals surface area contributed by atoms with Crippen molar-refractivity contribution in [3.8, 4) is 0 Å². The lowest BCUT2D eigenvalue weighted by atomic mass is 10.3. The van der Waals surface area contributed by atoms with Gasteiger partial charge in [-0.1, -0.05) is 6.92 Å². The van der Waals surface area contributed by atoms with Gasteiger partial charge in [0.1, 0.15) is 6.54 Å². The average molecular weight is 287 g/mol. The molecular formula is C13H25N3O4. The molecule has 3 amide bonds. The lowest BCUT2D eigenvalue weighted by molar-refractivity contribution is -0.137. The van der Waals surface area contributed by atoms with Gasteiger partial charge >= 0.3 is 12.0 Å². The Bertz CT molecular complexity index is 345. The molecular weight excluding hydrogens is 262 g/mol. The number of hydrogen-bond donors (Lipinski definition) is 1. The van der Waals surface area contributed by atoms with Gasteiger partial charge in [-0.3, -0.25) is 9.59 Å². The van der Waals surface area contributed by atoms with E-state index in [1.165, 1.54) is 14.7 Å². The zero-order valence-corrected chi connectivity index (χ0v) is 12.8. The summed E-state index contributed by atoms with van der Waals surface area (Å²) >= 11 is 0. The van der Waals surface area contributed by atoms with E-state index in [4.69, 9.17) is 5.11 Å². The molecule has 0 atom stereocenters. The molecule has 0 saturated carbocycles. The maximum absolute atomic E-state index is 12.3. The highest BCUT2D eigenvalue weighted by atomic mass is 16.4. The average Bonchev–Trinajstić information content (AvgIpc) is 2.38. The number of carboxylic acids is 1. The van der Waals surface area contributed by atoms with Gasteiger partial charge in [0.15, 0.2) is 0 Å². The van der Waals surface area contributed by atoms with E-state index in [9.17, 15) is 14.4 Å². The molecule has 0 rings (SSSR count). The molecule has 1 N–H and O–H groups in total. The van der Waals surface area contributed by atoms with Crippen LogP contribution in [0.2, 0.25) is 0 Å². The molecule has 116 valence electrons. The molecule has 0 aliphatic rings. The quantitative estimate of drug-likeness (QED) is 0.712. The van der Waals surface area contributed by atoms with Gasteiger partial charge in [0.2, 0.25) is 5.91 Å². The summed E-state index contributed by atoms with van der Waals surface area (Å²) in [4.78, 5) is 39.0. The number of carbonyl (C=O) groups is 3. The van der Waals surface area contributed by atoms with Crippen LogP contribution in [0.4, 0.5) is 4.79 Å². The molecule has 20 heavy (non-hydrogen) atoms. The van der Waals surface area contributed by atoms with Gasteiger partial charge in [-0.05, 0) is 13.3 Å². The van der Waals surface area contributed by atoms with Crippen LogP contribution in [-0.4, -0.2) is 78.0 Å². The summed E-state index contributed by atoms with van der Waals surface area (Å²) in [5.41, 5.74) is 0. The number of nitrogens with zero attached hydrogens (tertiary/aromatic N) is 3. The van der Waals surface area contributed by atoms with Gasteiger partial charge in [0.25, 0.3) is 0 Å². The normalized spacial score (nSPS) is 10.0. The topological polar surface area (TPSA) is 81.2 Å². The summed E-state index contributed by atoms with van der Waals surface area (Å²) in [7, 11) is 3.28. The Morgan fingerprint density at radius 3 is 2.00 bits per heavy atom. The summed E-state index contributed by atoms with van der Waals surface area (Å²) in [6, 6.07) is -0.286. The van der Waals surface area contributed by atoms with E-state index in [2.05, 4.69) is 0 Å². The Balaban J connectivity index is 4.73. The Hall–Kier alpha value is -1.79. The maximum atomic E-state index is 12.3. The standard InChI is InChI=1S/C13H25N3O4/c1-5-8-16(10-11(17)14(3)4)13(20)15(6-2)9-7-12(18)19/h5-10H2,1-4H3,(H,18,19). The van der Waals surface area contributed by atoms with Crippen molar-refractivity contribution in [2.45, 2.75) is 26.7 Å². The second-order valence-electron chi connectivity index (χ2n) is 4.72. The first-order valence-corrected chi connectivity index (χ1v) is 6.79. The van der Waals surface area contributed by atoms with Crippen LogP contribution >= 0.6 is 0 Å². The monoisotopic (exact) mass is 287 g/mol. The van der Waals surface area contributed by atoms with E-state index in [-0.39, 0.29) is 31.4 Å². The van der Waals surface area contributed by atoms with Crippen molar-refractivity contribution in [1.29, 1.82) is 0 Å². The minimum atomic E-state index is -0.942. The third kappa shape index (κ3) is 6.40. The number of carbonyl (C=O) groups excluding carboxylic acids is 2. The molecule has 7 nitrogen and oxygen atoms in total. The van der Waals surface area contributed by atoms with E-state index >= 15 is 0 Å². The van der Waals surface area contributed by atoms with Crippen molar-refractivity contribution in [2.75, 3.05) is 40.3 Å². The molecule has 0 aliphatic heterocycles. The molecule has 0 heterocycles. The molecule has 0 unspecified atom stereocenters. The second kappa shape index (κ2) is 9.17. The molecule has 0 aromatic rings. The van der Waals surface area contributed by atoms with Crippen molar-refractivity contribution >= 4 is 17.9 Å². The predicted octanol–water partition coefficient (Wildman–Crippen LogP) is 0.703. The van der Waals surface area contributed by atoms with E-state index in [0.717, 1.165) is 6.42 Å². The lowest BCUT2D eigenvalue weighted by Gasteiger charge is -2.29. The fourth-order valence-corrected chi connectivity index (χ4v) is 1.64. The van der Waals surface area contributed by atoms with Crippen LogP contribution in [0.1, 0.15) is 26.7 Å². The molecule has 7 heteroatoms. The summed E-state index contributed by atoms with van der Waals surface area (Å²) < 4.78 is 0. The van der Waals surface area contributed by atoms with Gasteiger partial charge in [-0.25, -0.2) is 4.79 Å². The number of likely N-dealkylation sites (N-methyl/N-ethyl adjacent to an activating group) is 1. The van der Waals surface area contributed by atoms with Gasteiger partial charge in [-0.2, -0.15) is 0 Å². The minimum Gasteiger partial charge on any atom is -0.481 e. The number of carboxylic acid groups (broad SMARTS) is 1. The maximum Gasteiger partial charge on any atom is 0.320 e. The van der Waals surface area contributed by atoms with E-state index in [1.807, 2.05) is 6.92 Å². The number of hydrogen-bond acceptors (Lipinski definition) is 3. The molecule has 0 aromatic carbocycles. The van der Waals surface area contributed by atoms with Crippen LogP contribution < -0.4 is 0 Å². The molecule has 0 aromatic heterocycles. The fraction of sp³-hybridized carbons (Fsp3) is 0.769. The molecule has 0 aliphatic carbocycles. The first-order chi connectivity index (χ1) is 9.33. The van der Waals surface area contributed by atoms with Crippen LogP contribution in [0.25, 0.3) is 0 Å². The highest BCUT2D eigenvalue weighted by molar-refractivity contribution is 5.84. The first-order valence-electron chi connectivity index (χ1n) is 6.79. The Kier molecular flexibility index (Phi) is 8.35. The Labute approximate surface area is 120 Å². The van der Waals surface area contributed by atoms with Crippen molar-refractivity contribution in [3.05, 3.63) is 0 Å². The Morgan fingerprint density at radius 1 is 1.00 bits per heavy atom. The van der Waals surface area contributed by atoms with Crippen LogP contribution in [0.15, 0.2) is 0 Å². The highest BCUT2D eigenvalue weighted by Gasteiger charge is 2.22. The van der Waals surface area contributed by atoms with Crippen LogP contribution in [0.5, 0.6) is 0 Å². The highest BCUT2D eigenvalue weighted by Crippen LogP contribution is 2.03. The van der Waals surface area contributed by atoms with Gasteiger partial charge in [0.05, 0.1) is 6.42 Å². The molecule has 0 saturated heterocycles. The summed E-state index contributed by atoms with van der Waals surface area (Å²) in [5, 5.41) is 8.69. The molecule has 0 spiro atoms. The predicted molar refractivity (Wildman–Crippen MR) is 75.5 cm³/mol. The largest absolute Gasteiger partial charge is 0.481 e. The fourth-order valence-electron chi connectivity index (χ4n) is 1.64. The summed E-state index contributed by atoms with van der Waals surface area (Å²) in [5.74, 6) is -1.09. The number of aliphatic carboxylic acids is 1. The molecule has 0 radical (unpaired) electrons. The van der Waals surface area contributed by atoms with Crippen molar-refractivity contribution < 1.29 is 19.5 Å². The SMILES string of the molecule is CCCN(CC(=O)N(C)C)C(=O)N(CC)CCC(=O)O. The van der Waals surface area contributed by atoms with E-state index < -0.39 is 5.97 Å². The third-order valence-corrected chi connectivity index (χ3v) is 2.84. The minimum absolute atomic E-state index is 0.0171. The van der Waals surface area contributed by atoms with Gasteiger partial charge in [0, 0.05) is 33.7 Å². The zero-order valence-electron chi connectivity index (χ0n) is 12.8. The van der Waals surface area contributed by atoms with Crippen molar-refractivity contribution in [3.63, 3.8) is 0 Å². The number of rotatable bonds is 8. The lowest BCUT2D eigenvalue weighted by Crippen LogP contribution is -2.48. The smallest absolute Gasteiger partial charge is 0.320 e. The van der Waals surface area contributed by atoms with Crippen molar-refractivity contribution in [2.24, 2.45) is 0 Å². The number of amides is 3. The molecule has 0 bridgehead atoms. The first kappa shape index (κ1) is 18.2. The van der Waals surface area contributed by atoms with Gasteiger partial charge in [-0.15, -0.1) is 0 Å². The summed E-state index contributed by atoms with van der Waals surface area (Å²) in [6.45, 7) is 4.78. The zero-order chi connectivity index (χ0) is 15.7. The van der Waals surface area contributed by atoms with Crippen LogP contribution in [0, 0.1) is 0 Å². The summed E-state index contributed by atoms with van der Waals surface area (Å²) in [6.07, 6.45) is 0.643. The van der Waals surface area contributed by atoms with Crippen LogP contribution in [0.3, 0.4) is 0 Å². The van der Waals surface area contributed by atoms with E-state index in [1.54, 1.807) is 21.0 Å². The number of urea groups is 1. The van der Waals surface area contributed by atoms with Crippen LogP contribution in [-0.2, 0) is 9.59 Å².